The summed E-state index contributed by atoms with van der Waals surface area (Å²) in [5, 5.41) is 0. The number of halogens is 1. The van der Waals surface area contributed by atoms with Crippen LogP contribution in [-0.2, 0) is 6.42 Å². The van der Waals surface area contributed by atoms with Crippen molar-refractivity contribution in [2.45, 2.75) is 6.42 Å². The van der Waals surface area contributed by atoms with Crippen molar-refractivity contribution in [1.82, 2.24) is 9.97 Å². The van der Waals surface area contributed by atoms with Gasteiger partial charge in [-0.3, -0.25) is 0 Å². The minimum absolute atomic E-state index is 0.260. The van der Waals surface area contributed by atoms with Gasteiger partial charge >= 0.3 is 0 Å². The second-order valence-corrected chi connectivity index (χ2v) is 3.31. The number of imidazole rings is 1. The van der Waals surface area contributed by atoms with E-state index in [-0.39, 0.29) is 5.82 Å². The van der Waals surface area contributed by atoms with E-state index in [0.717, 1.165) is 17.7 Å². The van der Waals surface area contributed by atoms with Crippen molar-refractivity contribution in [3.8, 4) is 11.4 Å². The number of benzene rings is 1. The van der Waals surface area contributed by atoms with Crippen LogP contribution in [0, 0.1) is 5.82 Å². The van der Waals surface area contributed by atoms with E-state index >= 15 is 0 Å². The highest BCUT2D eigenvalue weighted by molar-refractivity contribution is 5.54. The molecule has 0 bridgehead atoms. The van der Waals surface area contributed by atoms with E-state index in [1.165, 1.54) is 12.1 Å². The number of aromatic amines is 1. The summed E-state index contributed by atoms with van der Waals surface area (Å²) >= 11 is 0. The molecule has 1 aromatic carbocycles. The van der Waals surface area contributed by atoms with E-state index in [1.807, 2.05) is 6.07 Å². The van der Waals surface area contributed by atoms with Crippen molar-refractivity contribution in [3.63, 3.8) is 0 Å². The van der Waals surface area contributed by atoms with Gasteiger partial charge in [0.2, 0.25) is 0 Å². The number of hydrogen-bond acceptors (Lipinski definition) is 2. The predicted octanol–water partition coefficient (Wildman–Crippen LogP) is 1.72. The maximum Gasteiger partial charge on any atom is 0.137 e. The zero-order valence-electron chi connectivity index (χ0n) is 8.20. The average Bonchev–Trinajstić information content (AvgIpc) is 2.67. The maximum absolute atomic E-state index is 12.9. The molecule has 0 aliphatic rings. The van der Waals surface area contributed by atoms with Gasteiger partial charge in [0, 0.05) is 23.9 Å². The van der Waals surface area contributed by atoms with Crippen molar-refractivity contribution >= 4 is 0 Å². The van der Waals surface area contributed by atoms with Gasteiger partial charge < -0.3 is 10.7 Å². The SMILES string of the molecule is NCCc1cnc(-c2cccc(F)c2)[nH]1. The lowest BCUT2D eigenvalue weighted by Gasteiger charge is -1.96. The summed E-state index contributed by atoms with van der Waals surface area (Å²) in [5.41, 5.74) is 7.14. The normalized spacial score (nSPS) is 10.5. The van der Waals surface area contributed by atoms with E-state index in [1.54, 1.807) is 12.3 Å². The molecule has 0 unspecified atom stereocenters. The van der Waals surface area contributed by atoms with E-state index in [4.69, 9.17) is 5.73 Å². The monoisotopic (exact) mass is 205 g/mol. The third kappa shape index (κ3) is 2.22. The molecule has 2 aromatic rings. The van der Waals surface area contributed by atoms with E-state index in [0.29, 0.717) is 12.4 Å². The highest BCUT2D eigenvalue weighted by Gasteiger charge is 2.03. The largest absolute Gasteiger partial charge is 0.342 e. The molecule has 4 heteroatoms. The quantitative estimate of drug-likeness (QED) is 0.801. The fourth-order valence-corrected chi connectivity index (χ4v) is 1.42. The van der Waals surface area contributed by atoms with Crippen molar-refractivity contribution in [2.75, 3.05) is 6.54 Å². The average molecular weight is 205 g/mol. The third-order valence-electron chi connectivity index (χ3n) is 2.14. The Labute approximate surface area is 87.2 Å². The molecule has 0 saturated heterocycles. The molecule has 3 N–H and O–H groups in total. The second kappa shape index (κ2) is 4.23. The molecule has 0 aliphatic heterocycles. The predicted molar refractivity (Wildman–Crippen MR) is 56.7 cm³/mol. The smallest absolute Gasteiger partial charge is 0.137 e. The van der Waals surface area contributed by atoms with E-state index in [2.05, 4.69) is 9.97 Å². The molecule has 0 atom stereocenters. The summed E-state index contributed by atoms with van der Waals surface area (Å²) in [4.78, 5) is 7.27. The zero-order chi connectivity index (χ0) is 10.7. The standard InChI is InChI=1S/C11H12FN3/c12-9-3-1-2-8(6-9)11-14-7-10(15-11)4-5-13/h1-3,6-7H,4-5,13H2,(H,14,15). The molecule has 0 amide bonds. The molecule has 0 spiro atoms. The molecule has 78 valence electrons. The minimum Gasteiger partial charge on any atom is -0.342 e. The van der Waals surface area contributed by atoms with Crippen LogP contribution >= 0.6 is 0 Å². The summed E-state index contributed by atoms with van der Waals surface area (Å²) in [6, 6.07) is 6.34. The summed E-state index contributed by atoms with van der Waals surface area (Å²) in [7, 11) is 0. The first-order valence-electron chi connectivity index (χ1n) is 4.79. The summed E-state index contributed by atoms with van der Waals surface area (Å²) < 4.78 is 12.9. The molecule has 0 radical (unpaired) electrons. The molecule has 0 saturated carbocycles. The second-order valence-electron chi connectivity index (χ2n) is 3.31. The van der Waals surface area contributed by atoms with Crippen LogP contribution in [0.1, 0.15) is 5.69 Å². The van der Waals surface area contributed by atoms with Crippen molar-refractivity contribution in [3.05, 3.63) is 42.0 Å². The topological polar surface area (TPSA) is 54.7 Å². The van der Waals surface area contributed by atoms with Crippen molar-refractivity contribution < 1.29 is 4.39 Å². The number of H-pyrrole nitrogens is 1. The van der Waals surface area contributed by atoms with Gasteiger partial charge in [-0.05, 0) is 18.7 Å². The molecular weight excluding hydrogens is 193 g/mol. The molecule has 3 nitrogen and oxygen atoms in total. The molecule has 0 aliphatic carbocycles. The highest BCUT2D eigenvalue weighted by atomic mass is 19.1. The first kappa shape index (κ1) is 9.86. The Bertz CT molecular complexity index is 451. The Morgan fingerprint density at radius 3 is 3.00 bits per heavy atom. The third-order valence-corrected chi connectivity index (χ3v) is 2.14. The van der Waals surface area contributed by atoms with Crippen LogP contribution in [0.2, 0.25) is 0 Å². The number of aromatic nitrogens is 2. The maximum atomic E-state index is 12.9. The Balaban J connectivity index is 2.29. The highest BCUT2D eigenvalue weighted by Crippen LogP contribution is 2.16. The van der Waals surface area contributed by atoms with Gasteiger partial charge in [0.05, 0.1) is 0 Å². The Kier molecular flexibility index (Phi) is 2.78. The fraction of sp³-hybridized carbons (Fsp3) is 0.182. The molecule has 2 rings (SSSR count). The van der Waals surface area contributed by atoms with E-state index < -0.39 is 0 Å². The Hall–Kier alpha value is -1.68. The molecule has 1 heterocycles. The minimum atomic E-state index is -0.260. The lowest BCUT2D eigenvalue weighted by Crippen LogP contribution is -2.02. The lowest BCUT2D eigenvalue weighted by atomic mass is 10.2. The first-order valence-corrected chi connectivity index (χ1v) is 4.79. The van der Waals surface area contributed by atoms with Crippen LogP contribution in [-0.4, -0.2) is 16.5 Å². The summed E-state index contributed by atoms with van der Waals surface area (Å²) in [6.07, 6.45) is 2.48. The number of nitrogens with one attached hydrogen (secondary N) is 1. The summed E-state index contributed by atoms with van der Waals surface area (Å²) in [5.74, 6) is 0.419. The lowest BCUT2D eigenvalue weighted by molar-refractivity contribution is 0.628. The van der Waals surface area contributed by atoms with Crippen LogP contribution < -0.4 is 5.73 Å². The molecular formula is C11H12FN3. The molecule has 0 fully saturated rings. The Morgan fingerprint density at radius 2 is 2.27 bits per heavy atom. The zero-order valence-corrected chi connectivity index (χ0v) is 8.20. The fourth-order valence-electron chi connectivity index (χ4n) is 1.42. The first-order chi connectivity index (χ1) is 7.29. The van der Waals surface area contributed by atoms with Crippen LogP contribution in [0.15, 0.2) is 30.5 Å². The number of hydrogen-bond donors (Lipinski definition) is 2. The van der Waals surface area contributed by atoms with E-state index in [9.17, 15) is 4.39 Å². The van der Waals surface area contributed by atoms with Crippen LogP contribution in [0.5, 0.6) is 0 Å². The van der Waals surface area contributed by atoms with Gasteiger partial charge in [0.25, 0.3) is 0 Å². The van der Waals surface area contributed by atoms with Crippen LogP contribution in [0.3, 0.4) is 0 Å². The van der Waals surface area contributed by atoms with Gasteiger partial charge in [-0.1, -0.05) is 12.1 Å². The van der Waals surface area contributed by atoms with Crippen molar-refractivity contribution in [2.24, 2.45) is 5.73 Å². The van der Waals surface area contributed by atoms with Gasteiger partial charge in [-0.2, -0.15) is 0 Å². The van der Waals surface area contributed by atoms with Gasteiger partial charge in [-0.15, -0.1) is 0 Å². The number of nitrogens with two attached hydrogens (primary N) is 1. The van der Waals surface area contributed by atoms with Gasteiger partial charge in [-0.25, -0.2) is 9.37 Å². The summed E-state index contributed by atoms with van der Waals surface area (Å²) in [6.45, 7) is 0.574. The molecule has 15 heavy (non-hydrogen) atoms. The van der Waals surface area contributed by atoms with Crippen molar-refractivity contribution in [1.29, 1.82) is 0 Å². The van der Waals surface area contributed by atoms with Crippen LogP contribution in [0.4, 0.5) is 4.39 Å². The van der Waals surface area contributed by atoms with Crippen LogP contribution in [0.25, 0.3) is 11.4 Å². The number of rotatable bonds is 3. The molecule has 1 aromatic heterocycles. The number of nitrogens with zero attached hydrogens (tertiary/aromatic N) is 1. The Morgan fingerprint density at radius 1 is 1.40 bits per heavy atom. The van der Waals surface area contributed by atoms with Gasteiger partial charge in [0.1, 0.15) is 11.6 Å². The van der Waals surface area contributed by atoms with Gasteiger partial charge in [0.15, 0.2) is 0 Å².